The Kier molecular flexibility index (Phi) is 4.85. The van der Waals surface area contributed by atoms with Crippen molar-refractivity contribution in [2.75, 3.05) is 0 Å². The molecule has 0 fully saturated rings. The Morgan fingerprint density at radius 2 is 1.88 bits per heavy atom. The molecule has 0 heterocycles. The van der Waals surface area contributed by atoms with E-state index >= 15 is 0 Å². The van der Waals surface area contributed by atoms with Gasteiger partial charge in [0.2, 0.25) is 11.7 Å². The number of aliphatic hydroxyl groups is 3. The van der Waals surface area contributed by atoms with Gasteiger partial charge in [-0.15, -0.1) is 0 Å². The lowest BCUT2D eigenvalue weighted by atomic mass is 9.60. The third kappa shape index (κ3) is 2.90. The van der Waals surface area contributed by atoms with Crippen LogP contribution in [0.15, 0.2) is 34.8 Å². The molecule has 3 aliphatic rings. The molecule has 10 nitrogen and oxygen atoms in total. The number of fused-ring (bicyclic) bond motifs is 3. The van der Waals surface area contributed by atoms with Crippen LogP contribution < -0.4 is 11.1 Å². The van der Waals surface area contributed by atoms with E-state index in [4.69, 9.17) is 5.73 Å². The van der Waals surface area contributed by atoms with E-state index in [2.05, 4.69) is 5.32 Å². The number of nitrogens with two attached hydrogens (primary N) is 1. The largest absolute Gasteiger partial charge is 0.511 e. The highest BCUT2D eigenvalue weighted by molar-refractivity contribution is 6.24. The second kappa shape index (κ2) is 7.20. The van der Waals surface area contributed by atoms with E-state index < -0.39 is 52.0 Å². The normalized spacial score (nSPS) is 26.9. The van der Waals surface area contributed by atoms with Gasteiger partial charge < -0.3 is 31.5 Å². The van der Waals surface area contributed by atoms with Gasteiger partial charge >= 0.3 is 0 Å². The minimum Gasteiger partial charge on any atom is -0.511 e. The van der Waals surface area contributed by atoms with Crippen LogP contribution in [0.5, 0.6) is 5.75 Å². The average Bonchev–Trinajstić information content (AvgIpc) is 2.69. The summed E-state index contributed by atoms with van der Waals surface area (Å²) in [6.45, 7) is 1.29. The van der Waals surface area contributed by atoms with Crippen LogP contribution in [0.3, 0.4) is 0 Å². The molecule has 0 spiro atoms. The van der Waals surface area contributed by atoms with Gasteiger partial charge in [-0.05, 0) is 24.3 Å². The van der Waals surface area contributed by atoms with E-state index in [0.717, 1.165) is 0 Å². The molecular formula is C22H22N2O8. The van der Waals surface area contributed by atoms with Gasteiger partial charge in [-0.3, -0.25) is 19.2 Å². The SMILES string of the molecule is CC(=O)NCc1ccc2c(c1O)C(=O)C1=C(O)[C@]3(O)C(=O)C(C(N)=O)=C(O)CC3CC1C2. The van der Waals surface area contributed by atoms with Gasteiger partial charge in [0.05, 0.1) is 5.56 Å². The fourth-order valence-corrected chi connectivity index (χ4v) is 5.00. The topological polar surface area (TPSA) is 187 Å². The summed E-state index contributed by atoms with van der Waals surface area (Å²) in [6, 6.07) is 3.23. The summed E-state index contributed by atoms with van der Waals surface area (Å²) in [5.74, 6) is -6.94. The smallest absolute Gasteiger partial charge is 0.255 e. The molecule has 32 heavy (non-hydrogen) atoms. The number of carbonyl (C=O) groups excluding carboxylic acids is 4. The molecule has 0 aromatic heterocycles. The van der Waals surface area contributed by atoms with E-state index in [9.17, 15) is 39.6 Å². The van der Waals surface area contributed by atoms with E-state index in [1.807, 2.05) is 0 Å². The molecule has 4 rings (SSSR count). The number of benzene rings is 1. The van der Waals surface area contributed by atoms with Crippen molar-refractivity contribution in [3.63, 3.8) is 0 Å². The Hall–Kier alpha value is -3.66. The van der Waals surface area contributed by atoms with Crippen molar-refractivity contribution >= 4 is 23.4 Å². The van der Waals surface area contributed by atoms with Crippen LogP contribution in [0.4, 0.5) is 0 Å². The lowest BCUT2D eigenvalue weighted by Crippen LogP contribution is -2.57. The van der Waals surface area contributed by atoms with Crippen LogP contribution in [0.25, 0.3) is 0 Å². The molecule has 10 heteroatoms. The molecule has 3 aliphatic carbocycles. The van der Waals surface area contributed by atoms with Crippen molar-refractivity contribution in [2.24, 2.45) is 17.6 Å². The van der Waals surface area contributed by atoms with Gasteiger partial charge in [-0.25, -0.2) is 0 Å². The molecule has 0 radical (unpaired) electrons. The first kappa shape index (κ1) is 21.6. The van der Waals surface area contributed by atoms with Crippen molar-refractivity contribution in [1.29, 1.82) is 0 Å². The van der Waals surface area contributed by atoms with Gasteiger partial charge in [-0.2, -0.15) is 0 Å². The maximum Gasteiger partial charge on any atom is 0.255 e. The highest BCUT2D eigenvalue weighted by atomic mass is 16.3. The predicted molar refractivity (Wildman–Crippen MR) is 108 cm³/mol. The molecule has 3 atom stereocenters. The van der Waals surface area contributed by atoms with Crippen molar-refractivity contribution < 1.29 is 39.6 Å². The zero-order chi connectivity index (χ0) is 23.5. The van der Waals surface area contributed by atoms with E-state index in [-0.39, 0.29) is 54.2 Å². The van der Waals surface area contributed by atoms with Crippen molar-refractivity contribution in [3.8, 4) is 5.75 Å². The van der Waals surface area contributed by atoms with Crippen molar-refractivity contribution in [3.05, 3.63) is 51.5 Å². The Balaban J connectivity index is 1.83. The zero-order valence-corrected chi connectivity index (χ0v) is 17.1. The number of Topliss-reactive ketones (excluding diaryl/α,β-unsaturated/α-hetero) is 2. The van der Waals surface area contributed by atoms with E-state index in [1.165, 1.54) is 6.92 Å². The van der Waals surface area contributed by atoms with Crippen molar-refractivity contribution in [1.82, 2.24) is 5.32 Å². The van der Waals surface area contributed by atoms with Gasteiger partial charge in [0.1, 0.15) is 22.8 Å². The first-order chi connectivity index (χ1) is 15.0. The molecule has 0 saturated heterocycles. The van der Waals surface area contributed by atoms with Crippen LogP contribution in [-0.2, 0) is 27.3 Å². The highest BCUT2D eigenvalue weighted by Gasteiger charge is 2.59. The summed E-state index contributed by atoms with van der Waals surface area (Å²) in [5, 5.41) is 45.5. The maximum atomic E-state index is 13.3. The van der Waals surface area contributed by atoms with Crippen LogP contribution in [0.2, 0.25) is 0 Å². The van der Waals surface area contributed by atoms with E-state index in [1.54, 1.807) is 12.1 Å². The monoisotopic (exact) mass is 442 g/mol. The fourth-order valence-electron chi connectivity index (χ4n) is 5.00. The lowest BCUT2D eigenvalue weighted by molar-refractivity contribution is -0.144. The second-order valence-electron chi connectivity index (χ2n) is 8.43. The highest BCUT2D eigenvalue weighted by Crippen LogP contribution is 2.51. The number of hydrogen-bond acceptors (Lipinski definition) is 8. The van der Waals surface area contributed by atoms with Gasteiger partial charge in [0.25, 0.3) is 5.91 Å². The number of amides is 2. The number of allylic oxidation sites excluding steroid dienone is 2. The molecule has 168 valence electrons. The van der Waals surface area contributed by atoms with Crippen LogP contribution >= 0.6 is 0 Å². The van der Waals surface area contributed by atoms with Crippen LogP contribution in [0.1, 0.15) is 41.3 Å². The number of aliphatic hydroxyl groups excluding tert-OH is 2. The number of nitrogens with one attached hydrogen (secondary N) is 1. The fraction of sp³-hybridized carbons (Fsp3) is 0.364. The number of ketones is 2. The first-order valence-corrected chi connectivity index (χ1v) is 10.0. The third-order valence-corrected chi connectivity index (χ3v) is 6.55. The van der Waals surface area contributed by atoms with Gasteiger partial charge in [-0.1, -0.05) is 12.1 Å². The minimum absolute atomic E-state index is 0.0211. The molecule has 2 unspecified atom stereocenters. The quantitative estimate of drug-likeness (QED) is 0.358. The summed E-state index contributed by atoms with van der Waals surface area (Å²) in [4.78, 5) is 49.1. The summed E-state index contributed by atoms with van der Waals surface area (Å²) < 4.78 is 0. The Morgan fingerprint density at radius 3 is 2.50 bits per heavy atom. The maximum absolute atomic E-state index is 13.3. The third-order valence-electron chi connectivity index (χ3n) is 6.55. The summed E-state index contributed by atoms with van der Waals surface area (Å²) >= 11 is 0. The lowest BCUT2D eigenvalue weighted by Gasteiger charge is -2.45. The molecule has 0 saturated carbocycles. The van der Waals surface area contributed by atoms with Crippen LogP contribution in [-0.4, -0.2) is 49.4 Å². The Labute approximate surface area is 182 Å². The Bertz CT molecular complexity index is 1160. The molecule has 0 aliphatic heterocycles. The first-order valence-electron chi connectivity index (χ1n) is 10.0. The number of rotatable bonds is 3. The summed E-state index contributed by atoms with van der Waals surface area (Å²) in [7, 11) is 0. The zero-order valence-electron chi connectivity index (χ0n) is 17.1. The molecular weight excluding hydrogens is 420 g/mol. The molecule has 7 N–H and O–H groups in total. The van der Waals surface area contributed by atoms with Gasteiger partial charge in [0.15, 0.2) is 11.4 Å². The number of hydrogen-bond donors (Lipinski definition) is 6. The Morgan fingerprint density at radius 1 is 1.19 bits per heavy atom. The predicted octanol–water partition coefficient (Wildman–Crippen LogP) is 0.217. The summed E-state index contributed by atoms with van der Waals surface area (Å²) in [5.41, 5.74) is 2.28. The number of phenolic OH excluding ortho intramolecular Hbond substituents is 1. The van der Waals surface area contributed by atoms with Crippen LogP contribution in [0, 0.1) is 11.8 Å². The number of primary amides is 1. The molecule has 1 aromatic rings. The van der Waals surface area contributed by atoms with Gasteiger partial charge in [0, 0.05) is 36.9 Å². The standard InChI is InChI=1S/C22H22N2O8/c1-8(25)24-7-10-3-2-9-4-11-5-12-6-13(26)16(21(23)31)20(30)22(12,32)19(29)15(11)18(28)14(9)17(10)27/h2-3,11-12,26-27,29,32H,4-7H2,1H3,(H2,23,31)(H,24,25)/t11?,12?,22-/m0/s1. The summed E-state index contributed by atoms with van der Waals surface area (Å²) in [6.07, 6.45) is 0.0516. The second-order valence-corrected chi connectivity index (χ2v) is 8.43. The molecule has 0 bridgehead atoms. The number of aromatic hydroxyl groups is 1. The van der Waals surface area contributed by atoms with E-state index in [0.29, 0.717) is 5.56 Å². The average molecular weight is 442 g/mol. The number of phenols is 1. The molecule has 2 amide bonds. The molecule has 1 aromatic carbocycles. The number of carbonyl (C=O) groups is 4. The minimum atomic E-state index is -2.58. The van der Waals surface area contributed by atoms with Crippen molar-refractivity contribution in [2.45, 2.75) is 38.3 Å².